The van der Waals surface area contributed by atoms with Gasteiger partial charge in [-0.25, -0.2) is 4.79 Å². The lowest BCUT2D eigenvalue weighted by atomic mass is 9.88. The van der Waals surface area contributed by atoms with Crippen LogP contribution in [0.5, 0.6) is 0 Å². The number of carboxylic acids is 2. The van der Waals surface area contributed by atoms with Crippen LogP contribution >= 0.6 is 0 Å². The van der Waals surface area contributed by atoms with Crippen LogP contribution in [0.4, 0.5) is 0 Å². The van der Waals surface area contributed by atoms with Gasteiger partial charge >= 0.3 is 5.97 Å². The fraction of sp³-hybridized carbons (Fsp3) is 0.900. The average molecular weight is 1350 g/mol. The first-order valence-electron chi connectivity index (χ1n) is 28.6. The summed E-state index contributed by atoms with van der Waals surface area (Å²) in [6.07, 6.45) is -66.0. The van der Waals surface area contributed by atoms with E-state index in [2.05, 4.69) is 16.0 Å². The summed E-state index contributed by atoms with van der Waals surface area (Å²) in [4.78, 5) is 63.2. The standard InChI is InChI=1S/C50H83N3O39/c1-14(62)52-25-17(64)3-49(47(77)78,89-39(25)28(69)19(66)6-55)92-42-35(76)46(86-36-23(10-59)84-44(33(74)32(36)73)81-12-16(5-54)51-13-61)85-24(11-60)37(42)87-43-26(53-15(2)63)38(30(71)21(8-57)82-43)88-45-34(75)41(31(72)22(9-58)83-45)91-50(48(79)80)4-18(65)27(68)40(90-50)29(70)20(67)7-56/h13,16-46,54-60,64-76H,3-12H2,1-2H3,(H,51,61)(H,52,62)(H,53,63)(H,77,78)(H,79,80)/p-1/t16-,17+,18+,19-,20-,21-,22-,23-,24-,25-,26-,27-,28-,29-,30+,31+,32-,33-,34-,35-,36-,37+,38-,39-,40-,41+,42-,43+,44-,45+,46+,49+,50+/m1/s1. The zero-order valence-corrected chi connectivity index (χ0v) is 48.8. The second-order valence-electron chi connectivity index (χ2n) is 22.5. The predicted molar refractivity (Wildman–Crippen MR) is 278 cm³/mol. The van der Waals surface area contributed by atoms with Crippen molar-refractivity contribution in [2.75, 3.05) is 52.9 Å². The van der Waals surface area contributed by atoms with Gasteiger partial charge in [-0.1, -0.05) is 0 Å². The number of amides is 3. The molecule has 0 aromatic heterocycles. The van der Waals surface area contributed by atoms with Gasteiger partial charge in [-0.05, 0) is 0 Å². The highest BCUT2D eigenvalue weighted by Crippen LogP contribution is 2.42. The summed E-state index contributed by atoms with van der Waals surface area (Å²) in [5, 5.41) is 248. The largest absolute Gasteiger partial charge is 0.544 e. The molecule has 0 aromatic carbocycles. The Labute approximate surface area is 519 Å². The molecule has 42 nitrogen and oxygen atoms in total. The van der Waals surface area contributed by atoms with E-state index in [-0.39, 0.29) is 6.41 Å². The van der Waals surface area contributed by atoms with Gasteiger partial charge in [0, 0.05) is 26.7 Å². The maximum absolute atomic E-state index is 13.6. The summed E-state index contributed by atoms with van der Waals surface area (Å²) in [6, 6.07) is -5.09. The molecule has 6 fully saturated rings. The van der Waals surface area contributed by atoms with Gasteiger partial charge in [0.05, 0.1) is 77.1 Å². The number of hydrogen-bond donors (Lipinski definition) is 24. The molecule has 24 N–H and O–H groups in total. The molecule has 0 saturated carbocycles. The Kier molecular flexibility index (Phi) is 27.9. The van der Waals surface area contributed by atoms with E-state index in [1.165, 1.54) is 0 Å². The Balaban J connectivity index is 1.42. The maximum Gasteiger partial charge on any atom is 0.364 e. The molecule has 3 amide bonds. The van der Waals surface area contributed by atoms with Crippen LogP contribution in [-0.2, 0) is 80.8 Å². The van der Waals surface area contributed by atoms with Gasteiger partial charge in [-0.2, -0.15) is 0 Å². The van der Waals surface area contributed by atoms with Crippen molar-refractivity contribution in [2.24, 2.45) is 0 Å². The number of carboxylic acid groups (broad SMARTS) is 2. The van der Waals surface area contributed by atoms with Gasteiger partial charge in [0.1, 0.15) is 146 Å². The van der Waals surface area contributed by atoms with E-state index in [0.29, 0.717) is 0 Å². The third-order valence-electron chi connectivity index (χ3n) is 16.1. The molecule has 6 aliphatic heterocycles. The zero-order chi connectivity index (χ0) is 68.6. The van der Waals surface area contributed by atoms with E-state index >= 15 is 0 Å². The molecule has 0 aromatic rings. The van der Waals surface area contributed by atoms with E-state index in [9.17, 15) is 136 Å². The number of hydrogen-bond acceptors (Lipinski definition) is 38. The van der Waals surface area contributed by atoms with Gasteiger partial charge < -0.3 is 190 Å². The minimum Gasteiger partial charge on any atom is -0.544 e. The van der Waals surface area contributed by atoms with Crippen LogP contribution in [0.2, 0.25) is 0 Å². The molecule has 0 bridgehead atoms. The van der Waals surface area contributed by atoms with Crippen molar-refractivity contribution >= 4 is 30.2 Å². The molecule has 42 heteroatoms. The molecule has 6 aliphatic rings. The van der Waals surface area contributed by atoms with Crippen molar-refractivity contribution in [2.45, 2.75) is 228 Å². The summed E-state index contributed by atoms with van der Waals surface area (Å²) in [6.45, 7) is -6.94. The zero-order valence-electron chi connectivity index (χ0n) is 48.8. The number of rotatable bonds is 30. The molecule has 0 radical (unpaired) electrons. The van der Waals surface area contributed by atoms with Crippen molar-refractivity contribution in [1.82, 2.24) is 16.0 Å². The Morgan fingerprint density at radius 3 is 1.50 bits per heavy atom. The van der Waals surface area contributed by atoms with Crippen LogP contribution in [0, 0.1) is 0 Å². The predicted octanol–water partition coefficient (Wildman–Crippen LogP) is -17.6. The Hall–Kier alpha value is -3.93. The minimum absolute atomic E-state index is 0.210. The number of aliphatic hydroxyl groups excluding tert-OH is 20. The van der Waals surface area contributed by atoms with Gasteiger partial charge in [0.15, 0.2) is 25.2 Å². The fourth-order valence-corrected chi connectivity index (χ4v) is 11.3. The van der Waals surface area contributed by atoms with Gasteiger partial charge in [-0.15, -0.1) is 0 Å². The molecular formula is C50H82N3O39-. The van der Waals surface area contributed by atoms with Crippen LogP contribution in [-0.4, -0.2) is 392 Å². The second-order valence-corrected chi connectivity index (χ2v) is 22.5. The van der Waals surface area contributed by atoms with Crippen molar-refractivity contribution in [3.8, 4) is 0 Å². The minimum atomic E-state index is -3.58. The van der Waals surface area contributed by atoms with E-state index < -0.39 is 291 Å². The van der Waals surface area contributed by atoms with E-state index in [4.69, 9.17) is 56.8 Å². The quantitative estimate of drug-likeness (QED) is 0.0297. The Morgan fingerprint density at radius 2 is 0.978 bits per heavy atom. The Bertz CT molecular complexity index is 2380. The number of aliphatic hydroxyl groups is 20. The van der Waals surface area contributed by atoms with Crippen molar-refractivity contribution in [1.29, 1.82) is 0 Å². The van der Waals surface area contributed by atoms with Gasteiger partial charge in [-0.3, -0.25) is 14.4 Å². The van der Waals surface area contributed by atoms with Crippen LogP contribution in [0.3, 0.4) is 0 Å². The maximum atomic E-state index is 13.6. The topological polar surface area (TPSA) is 680 Å². The van der Waals surface area contributed by atoms with Crippen molar-refractivity contribution < 1.29 is 193 Å². The molecule has 33 atom stereocenters. The first-order valence-corrected chi connectivity index (χ1v) is 28.6. The van der Waals surface area contributed by atoms with E-state index in [1.807, 2.05) is 0 Å². The molecule has 0 unspecified atom stereocenters. The van der Waals surface area contributed by atoms with Crippen molar-refractivity contribution in [3.63, 3.8) is 0 Å². The smallest absolute Gasteiger partial charge is 0.364 e. The molecular weight excluding hydrogens is 1270 g/mol. The highest BCUT2D eigenvalue weighted by molar-refractivity contribution is 5.76. The fourth-order valence-electron chi connectivity index (χ4n) is 11.3. The molecule has 6 rings (SSSR count). The average Bonchev–Trinajstić information content (AvgIpc) is 0.766. The first kappa shape index (κ1) is 77.1. The van der Waals surface area contributed by atoms with E-state index in [1.54, 1.807) is 0 Å². The number of ether oxygens (including phenoxy) is 12. The van der Waals surface area contributed by atoms with Crippen LogP contribution < -0.4 is 21.1 Å². The summed E-state index contributed by atoms with van der Waals surface area (Å²) < 4.78 is 69.4. The molecule has 0 spiro atoms. The molecule has 6 heterocycles. The molecule has 92 heavy (non-hydrogen) atoms. The Morgan fingerprint density at radius 1 is 0.522 bits per heavy atom. The van der Waals surface area contributed by atoms with E-state index in [0.717, 1.165) is 13.8 Å². The number of carbonyl (C=O) groups excluding carboxylic acids is 4. The second kappa shape index (κ2) is 33.4. The lowest BCUT2D eigenvalue weighted by Crippen LogP contribution is -2.73. The molecule has 532 valence electrons. The molecule has 6 saturated heterocycles. The van der Waals surface area contributed by atoms with Crippen molar-refractivity contribution in [3.05, 3.63) is 0 Å². The lowest BCUT2D eigenvalue weighted by molar-refractivity contribution is -0.421. The van der Waals surface area contributed by atoms with Crippen LogP contribution in [0.1, 0.15) is 26.7 Å². The third kappa shape index (κ3) is 16.9. The summed E-state index contributed by atoms with van der Waals surface area (Å²) in [7, 11) is 0. The summed E-state index contributed by atoms with van der Waals surface area (Å²) in [5.74, 6) is -13.6. The lowest BCUT2D eigenvalue weighted by Gasteiger charge is -2.54. The number of carbonyl (C=O) groups is 5. The SMILES string of the molecule is CC(=O)N[C@H]1[C@H](O[C@@H]2[C@H](O[C@]3(C(=O)[O-])C[C@H](O)[C@@H](NC(C)=O)[C@H]([C@H](O)[C@H](O)CO)O3)[C@@H](O)[C@H](O[C@H]3[C@H](O)[C@@H](O)[C@H](OC[C@@H](CO)NC=O)O[C@@H]3CO)O[C@@H]2CO)O[C@H](CO)[C@H](O)[C@@H]1O[C@@H]1O[C@H](CO)[C@H](O)[C@H](O[C@]2(C(=O)O)C[C@H](O)[C@@H](O)[C@H]([C@H](O)[C@H](O)CO)O2)[C@H]1O. The summed E-state index contributed by atoms with van der Waals surface area (Å²) >= 11 is 0. The highest BCUT2D eigenvalue weighted by Gasteiger charge is 2.63. The number of nitrogens with one attached hydrogen (secondary N) is 3. The first-order chi connectivity index (χ1) is 43.4. The summed E-state index contributed by atoms with van der Waals surface area (Å²) in [5.41, 5.74) is 0. The number of aliphatic carboxylic acids is 2. The van der Waals surface area contributed by atoms with Crippen LogP contribution in [0.25, 0.3) is 0 Å². The molecule has 0 aliphatic carbocycles. The highest BCUT2D eigenvalue weighted by atomic mass is 16.8. The third-order valence-corrected chi connectivity index (χ3v) is 16.1. The van der Waals surface area contributed by atoms with Gasteiger partial charge in [0.2, 0.25) is 24.0 Å². The monoisotopic (exact) mass is 1350 g/mol. The van der Waals surface area contributed by atoms with Gasteiger partial charge in [0.25, 0.3) is 5.79 Å². The normalized spacial score (nSPS) is 43.5. The van der Waals surface area contributed by atoms with Crippen LogP contribution in [0.15, 0.2) is 0 Å².